The van der Waals surface area contributed by atoms with Crippen LogP contribution < -0.4 is 5.73 Å². The van der Waals surface area contributed by atoms with Gasteiger partial charge in [-0.05, 0) is 18.8 Å². The van der Waals surface area contributed by atoms with Crippen molar-refractivity contribution in [3.8, 4) is 0 Å². The number of carbonyl (C=O) groups excluding carboxylic acids is 1. The van der Waals surface area contributed by atoms with E-state index in [1.54, 1.807) is 12.5 Å². The van der Waals surface area contributed by atoms with Gasteiger partial charge >= 0.3 is 5.97 Å². The van der Waals surface area contributed by atoms with E-state index in [1.807, 2.05) is 0 Å². The predicted molar refractivity (Wildman–Crippen MR) is 67.8 cm³/mol. The molecule has 18 heavy (non-hydrogen) atoms. The van der Waals surface area contributed by atoms with Crippen molar-refractivity contribution in [2.45, 2.75) is 44.6 Å². The number of esters is 1. The lowest BCUT2D eigenvalue weighted by Gasteiger charge is -2.21. The molecule has 1 aliphatic rings. The second-order valence-electron chi connectivity index (χ2n) is 5.02. The van der Waals surface area contributed by atoms with Gasteiger partial charge in [0, 0.05) is 18.3 Å². The molecule has 0 spiro atoms. The summed E-state index contributed by atoms with van der Waals surface area (Å²) in [5.41, 5.74) is 6.66. The number of rotatable bonds is 5. The molecule has 0 amide bonds. The zero-order valence-corrected chi connectivity index (χ0v) is 10.6. The summed E-state index contributed by atoms with van der Waals surface area (Å²) in [4.78, 5) is 18.6. The third-order valence-corrected chi connectivity index (χ3v) is 3.48. The minimum atomic E-state index is -0.603. The third kappa shape index (κ3) is 3.84. The summed E-state index contributed by atoms with van der Waals surface area (Å²) < 4.78 is 5.29. The van der Waals surface area contributed by atoms with Gasteiger partial charge in [0.15, 0.2) is 0 Å². The van der Waals surface area contributed by atoms with Crippen LogP contribution in [-0.4, -0.2) is 28.6 Å². The Morgan fingerprint density at radius 3 is 2.94 bits per heavy atom. The van der Waals surface area contributed by atoms with Crippen LogP contribution in [-0.2, 0) is 16.0 Å². The van der Waals surface area contributed by atoms with Crippen LogP contribution in [0.1, 0.15) is 37.8 Å². The van der Waals surface area contributed by atoms with Gasteiger partial charge in [0.1, 0.15) is 6.04 Å². The van der Waals surface area contributed by atoms with E-state index in [4.69, 9.17) is 10.5 Å². The number of aromatic nitrogens is 2. The van der Waals surface area contributed by atoms with Crippen LogP contribution in [0.25, 0.3) is 0 Å². The zero-order valence-electron chi connectivity index (χ0n) is 10.6. The SMILES string of the molecule is N[C@@H](Cc1cnc[nH]1)C(=O)OCC1CCCCC1. The second-order valence-corrected chi connectivity index (χ2v) is 5.02. The molecule has 5 heteroatoms. The van der Waals surface area contributed by atoms with Crippen LogP contribution in [0, 0.1) is 5.92 Å². The Bertz CT molecular complexity index is 358. The Hall–Kier alpha value is -1.36. The van der Waals surface area contributed by atoms with Crippen LogP contribution in [0.3, 0.4) is 0 Å². The number of H-pyrrole nitrogens is 1. The number of nitrogens with zero attached hydrogens (tertiary/aromatic N) is 1. The highest BCUT2D eigenvalue weighted by Gasteiger charge is 2.19. The van der Waals surface area contributed by atoms with Crippen LogP contribution in [0.5, 0.6) is 0 Å². The smallest absolute Gasteiger partial charge is 0.323 e. The van der Waals surface area contributed by atoms with Crippen molar-refractivity contribution in [3.05, 3.63) is 18.2 Å². The van der Waals surface area contributed by atoms with Gasteiger partial charge in [-0.3, -0.25) is 4.79 Å². The number of nitrogens with one attached hydrogen (secondary N) is 1. The van der Waals surface area contributed by atoms with Crippen LogP contribution in [0.4, 0.5) is 0 Å². The van der Waals surface area contributed by atoms with Crippen molar-refractivity contribution in [2.75, 3.05) is 6.61 Å². The summed E-state index contributed by atoms with van der Waals surface area (Å²) in [6.07, 6.45) is 9.86. The maximum absolute atomic E-state index is 11.7. The van der Waals surface area contributed by atoms with E-state index in [1.165, 1.54) is 32.1 Å². The van der Waals surface area contributed by atoms with E-state index in [-0.39, 0.29) is 5.97 Å². The van der Waals surface area contributed by atoms with E-state index < -0.39 is 6.04 Å². The Balaban J connectivity index is 1.70. The minimum Gasteiger partial charge on any atom is -0.464 e. The van der Waals surface area contributed by atoms with Crippen molar-refractivity contribution < 1.29 is 9.53 Å². The van der Waals surface area contributed by atoms with Gasteiger partial charge in [0.25, 0.3) is 0 Å². The van der Waals surface area contributed by atoms with E-state index in [9.17, 15) is 4.79 Å². The molecule has 5 nitrogen and oxygen atoms in total. The number of carbonyl (C=O) groups is 1. The first-order valence-electron chi connectivity index (χ1n) is 6.65. The Labute approximate surface area is 107 Å². The fourth-order valence-corrected chi connectivity index (χ4v) is 2.38. The molecule has 1 heterocycles. The van der Waals surface area contributed by atoms with E-state index in [0.29, 0.717) is 18.9 Å². The van der Waals surface area contributed by atoms with Gasteiger partial charge in [-0.25, -0.2) is 4.98 Å². The third-order valence-electron chi connectivity index (χ3n) is 3.48. The number of nitrogens with two attached hydrogens (primary N) is 1. The average molecular weight is 251 g/mol. The summed E-state index contributed by atoms with van der Waals surface area (Å²) in [5, 5.41) is 0. The van der Waals surface area contributed by atoms with E-state index in [0.717, 1.165) is 5.69 Å². The van der Waals surface area contributed by atoms with Crippen molar-refractivity contribution in [1.82, 2.24) is 9.97 Å². The molecule has 100 valence electrons. The van der Waals surface area contributed by atoms with Crippen LogP contribution in [0.15, 0.2) is 12.5 Å². The quantitative estimate of drug-likeness (QED) is 0.775. The van der Waals surface area contributed by atoms with E-state index in [2.05, 4.69) is 9.97 Å². The number of aromatic amines is 1. The van der Waals surface area contributed by atoms with Gasteiger partial charge < -0.3 is 15.5 Å². The molecule has 0 aliphatic heterocycles. The summed E-state index contributed by atoms with van der Waals surface area (Å²) in [5.74, 6) is 0.220. The van der Waals surface area contributed by atoms with Gasteiger partial charge in [-0.2, -0.15) is 0 Å². The lowest BCUT2D eigenvalue weighted by Crippen LogP contribution is -2.35. The molecule has 1 saturated carbocycles. The maximum atomic E-state index is 11.7. The van der Waals surface area contributed by atoms with Gasteiger partial charge in [0.2, 0.25) is 0 Å². The maximum Gasteiger partial charge on any atom is 0.323 e. The first-order chi connectivity index (χ1) is 8.75. The fourth-order valence-electron chi connectivity index (χ4n) is 2.38. The number of hydrogen-bond acceptors (Lipinski definition) is 4. The van der Waals surface area contributed by atoms with Crippen molar-refractivity contribution >= 4 is 5.97 Å². The molecular formula is C13H21N3O2. The molecule has 0 unspecified atom stereocenters. The largest absolute Gasteiger partial charge is 0.464 e. The molecule has 3 N–H and O–H groups in total. The van der Waals surface area contributed by atoms with Gasteiger partial charge in [-0.15, -0.1) is 0 Å². The molecule has 0 radical (unpaired) electrons. The predicted octanol–water partition coefficient (Wildman–Crippen LogP) is 1.40. The first-order valence-corrected chi connectivity index (χ1v) is 6.65. The molecule has 0 saturated heterocycles. The van der Waals surface area contributed by atoms with Crippen LogP contribution >= 0.6 is 0 Å². The number of ether oxygens (including phenoxy) is 1. The zero-order chi connectivity index (χ0) is 12.8. The lowest BCUT2D eigenvalue weighted by molar-refractivity contribution is -0.146. The Morgan fingerprint density at radius 1 is 1.50 bits per heavy atom. The highest BCUT2D eigenvalue weighted by molar-refractivity contribution is 5.75. The molecule has 1 aliphatic carbocycles. The Kier molecular flexibility index (Phi) is 4.75. The average Bonchev–Trinajstić information content (AvgIpc) is 2.90. The molecule has 2 rings (SSSR count). The summed E-state index contributed by atoms with van der Waals surface area (Å²) in [6, 6.07) is -0.603. The van der Waals surface area contributed by atoms with Gasteiger partial charge in [0.05, 0.1) is 12.9 Å². The molecule has 0 bridgehead atoms. The minimum absolute atomic E-state index is 0.310. The highest BCUT2D eigenvalue weighted by Crippen LogP contribution is 2.23. The number of imidazole rings is 1. The van der Waals surface area contributed by atoms with Crippen molar-refractivity contribution in [1.29, 1.82) is 0 Å². The Morgan fingerprint density at radius 2 is 2.28 bits per heavy atom. The fraction of sp³-hybridized carbons (Fsp3) is 0.692. The topological polar surface area (TPSA) is 81.0 Å². The van der Waals surface area contributed by atoms with E-state index >= 15 is 0 Å². The summed E-state index contributed by atoms with van der Waals surface area (Å²) in [6.45, 7) is 0.523. The summed E-state index contributed by atoms with van der Waals surface area (Å²) in [7, 11) is 0. The lowest BCUT2D eigenvalue weighted by atomic mass is 9.90. The van der Waals surface area contributed by atoms with Crippen molar-refractivity contribution in [2.24, 2.45) is 11.7 Å². The highest BCUT2D eigenvalue weighted by atomic mass is 16.5. The second kappa shape index (κ2) is 6.54. The number of hydrogen-bond donors (Lipinski definition) is 2. The molecular weight excluding hydrogens is 230 g/mol. The molecule has 1 fully saturated rings. The standard InChI is InChI=1S/C13H21N3O2/c14-12(6-11-7-15-9-16-11)13(17)18-8-10-4-2-1-3-5-10/h7,9-10,12H,1-6,8,14H2,(H,15,16)/t12-/m0/s1. The van der Waals surface area contributed by atoms with Crippen LogP contribution in [0.2, 0.25) is 0 Å². The van der Waals surface area contributed by atoms with Gasteiger partial charge in [-0.1, -0.05) is 19.3 Å². The molecule has 1 aromatic heterocycles. The molecule has 0 aromatic carbocycles. The summed E-state index contributed by atoms with van der Waals surface area (Å²) >= 11 is 0. The first kappa shape index (κ1) is 13.1. The monoisotopic (exact) mass is 251 g/mol. The molecule has 1 atom stereocenters. The molecule has 1 aromatic rings. The normalized spacial score (nSPS) is 18.5. The van der Waals surface area contributed by atoms with Crippen molar-refractivity contribution in [3.63, 3.8) is 0 Å².